The zero-order valence-electron chi connectivity index (χ0n) is 18.2. The van der Waals surface area contributed by atoms with Crippen molar-refractivity contribution in [2.45, 2.75) is 19.5 Å². The number of amides is 2. The van der Waals surface area contributed by atoms with E-state index in [0.717, 1.165) is 6.42 Å². The first-order valence-corrected chi connectivity index (χ1v) is 11.1. The molecule has 3 aromatic carbocycles. The van der Waals surface area contributed by atoms with Crippen LogP contribution >= 0.6 is 23.2 Å². The van der Waals surface area contributed by atoms with Crippen molar-refractivity contribution in [3.63, 3.8) is 0 Å². The minimum atomic E-state index is -0.864. The van der Waals surface area contributed by atoms with Crippen molar-refractivity contribution in [2.24, 2.45) is 0 Å². The van der Waals surface area contributed by atoms with E-state index in [2.05, 4.69) is 10.6 Å². The highest BCUT2D eigenvalue weighted by atomic mass is 35.5. The van der Waals surface area contributed by atoms with Crippen LogP contribution in [0.3, 0.4) is 0 Å². The van der Waals surface area contributed by atoms with E-state index in [4.69, 9.17) is 32.7 Å². The maximum Gasteiger partial charge on any atom is 0.253 e. The van der Waals surface area contributed by atoms with Crippen molar-refractivity contribution in [3.05, 3.63) is 93.5 Å². The Morgan fingerprint density at radius 1 is 0.848 bits per heavy atom. The van der Waals surface area contributed by atoms with Crippen LogP contribution in [0.2, 0.25) is 10.0 Å². The maximum atomic E-state index is 12.9. The average Bonchev–Trinajstić information content (AvgIpc) is 2.82. The van der Waals surface area contributed by atoms with E-state index in [1.54, 1.807) is 66.7 Å². The maximum absolute atomic E-state index is 12.9. The molecular formula is C25H24Cl2N2O4. The molecule has 0 heterocycles. The van der Waals surface area contributed by atoms with E-state index < -0.39 is 18.0 Å². The largest absolute Gasteiger partial charge is 0.493 e. The van der Waals surface area contributed by atoms with Crippen LogP contribution in [0.4, 0.5) is 0 Å². The first-order valence-electron chi connectivity index (χ1n) is 10.3. The average molecular weight is 487 g/mol. The second-order valence-corrected chi connectivity index (χ2v) is 8.03. The van der Waals surface area contributed by atoms with Gasteiger partial charge in [-0.25, -0.2) is 0 Å². The fourth-order valence-electron chi connectivity index (χ4n) is 3.09. The molecular weight excluding hydrogens is 463 g/mol. The summed E-state index contributed by atoms with van der Waals surface area (Å²) in [6, 6.07) is 18.3. The van der Waals surface area contributed by atoms with Gasteiger partial charge in [0.1, 0.15) is 6.17 Å². The molecule has 0 aliphatic carbocycles. The number of rotatable bonds is 9. The summed E-state index contributed by atoms with van der Waals surface area (Å²) in [5, 5.41) is 6.56. The third-order valence-electron chi connectivity index (χ3n) is 4.71. The summed E-state index contributed by atoms with van der Waals surface area (Å²) in [6.45, 7) is 2.55. The van der Waals surface area contributed by atoms with Gasteiger partial charge in [-0.3, -0.25) is 9.59 Å². The van der Waals surface area contributed by atoms with Gasteiger partial charge in [0.15, 0.2) is 11.5 Å². The highest BCUT2D eigenvalue weighted by Gasteiger charge is 2.21. The van der Waals surface area contributed by atoms with Gasteiger partial charge in [-0.1, -0.05) is 48.3 Å². The summed E-state index contributed by atoms with van der Waals surface area (Å²) in [5.74, 6) is 0.252. The van der Waals surface area contributed by atoms with Crippen molar-refractivity contribution in [3.8, 4) is 11.5 Å². The molecule has 172 valence electrons. The standard InChI is InChI=1S/C25H24Cl2N2O4/c1-3-12-33-21-11-10-16(15-22(21)32-2)23(28-24(30)17-6-4-8-19(26)13-17)29-25(31)18-7-5-9-20(27)14-18/h4-11,13-15,23H,3,12H2,1-2H3,(H,28,30)(H,29,31). The second-order valence-electron chi connectivity index (χ2n) is 7.16. The van der Waals surface area contributed by atoms with Crippen LogP contribution in [0.1, 0.15) is 45.8 Å². The topological polar surface area (TPSA) is 76.7 Å². The molecule has 2 amide bonds. The molecule has 6 nitrogen and oxygen atoms in total. The zero-order valence-corrected chi connectivity index (χ0v) is 19.7. The smallest absolute Gasteiger partial charge is 0.253 e. The number of benzene rings is 3. The lowest BCUT2D eigenvalue weighted by Crippen LogP contribution is -2.41. The normalized spacial score (nSPS) is 10.6. The van der Waals surface area contributed by atoms with Gasteiger partial charge in [0.25, 0.3) is 11.8 Å². The van der Waals surface area contributed by atoms with Crippen LogP contribution in [0, 0.1) is 0 Å². The molecule has 3 rings (SSSR count). The molecule has 0 aliphatic heterocycles. The molecule has 0 aromatic heterocycles. The number of halogens is 2. The molecule has 2 N–H and O–H groups in total. The van der Waals surface area contributed by atoms with Gasteiger partial charge in [-0.15, -0.1) is 0 Å². The van der Waals surface area contributed by atoms with Crippen LogP contribution in [0.15, 0.2) is 66.7 Å². The molecule has 0 radical (unpaired) electrons. The predicted octanol–water partition coefficient (Wildman–Crippen LogP) is 5.65. The lowest BCUT2D eigenvalue weighted by molar-refractivity contribution is 0.0883. The summed E-state index contributed by atoms with van der Waals surface area (Å²) >= 11 is 12.1. The molecule has 0 aliphatic rings. The van der Waals surface area contributed by atoms with E-state index in [9.17, 15) is 9.59 Å². The second kappa shape index (κ2) is 11.6. The molecule has 3 aromatic rings. The van der Waals surface area contributed by atoms with Crippen molar-refractivity contribution in [1.82, 2.24) is 10.6 Å². The highest BCUT2D eigenvalue weighted by molar-refractivity contribution is 6.31. The predicted molar refractivity (Wildman–Crippen MR) is 129 cm³/mol. The summed E-state index contributed by atoms with van der Waals surface area (Å²) in [4.78, 5) is 25.8. The lowest BCUT2D eigenvalue weighted by atomic mass is 10.1. The third kappa shape index (κ3) is 6.63. The lowest BCUT2D eigenvalue weighted by Gasteiger charge is -2.22. The molecule has 0 saturated heterocycles. The van der Waals surface area contributed by atoms with Crippen LogP contribution in [0.25, 0.3) is 0 Å². The van der Waals surface area contributed by atoms with E-state index in [1.165, 1.54) is 7.11 Å². The first kappa shape index (κ1) is 24.4. The number of nitrogens with one attached hydrogen (secondary N) is 2. The quantitative estimate of drug-likeness (QED) is 0.383. The molecule has 8 heteroatoms. The number of hydrogen-bond acceptors (Lipinski definition) is 4. The van der Waals surface area contributed by atoms with E-state index in [0.29, 0.717) is 44.8 Å². The van der Waals surface area contributed by atoms with Gasteiger partial charge in [0.05, 0.1) is 13.7 Å². The van der Waals surface area contributed by atoms with Gasteiger partial charge in [-0.2, -0.15) is 0 Å². The highest BCUT2D eigenvalue weighted by Crippen LogP contribution is 2.30. The molecule has 0 fully saturated rings. The first-order chi connectivity index (χ1) is 15.9. The van der Waals surface area contributed by atoms with Crippen LogP contribution in [0.5, 0.6) is 11.5 Å². The monoisotopic (exact) mass is 486 g/mol. The summed E-state index contributed by atoms with van der Waals surface area (Å²) in [6.07, 6.45) is -0.0177. The van der Waals surface area contributed by atoms with Crippen molar-refractivity contribution < 1.29 is 19.1 Å². The Bertz CT molecular complexity index is 1080. The zero-order chi connectivity index (χ0) is 23.8. The fraction of sp³-hybridized carbons (Fsp3) is 0.200. The Kier molecular flexibility index (Phi) is 8.58. The SMILES string of the molecule is CCCOc1ccc(C(NC(=O)c2cccc(Cl)c2)NC(=O)c2cccc(Cl)c2)cc1OC. The Morgan fingerprint density at radius 2 is 1.42 bits per heavy atom. The van der Waals surface area contributed by atoms with Crippen molar-refractivity contribution in [2.75, 3.05) is 13.7 Å². The molecule has 0 atom stereocenters. The number of ether oxygens (including phenoxy) is 2. The van der Waals surface area contributed by atoms with Crippen molar-refractivity contribution >= 4 is 35.0 Å². The van der Waals surface area contributed by atoms with E-state index in [-0.39, 0.29) is 0 Å². The number of methoxy groups -OCH3 is 1. The molecule has 0 bridgehead atoms. The van der Waals surface area contributed by atoms with Crippen LogP contribution in [-0.2, 0) is 0 Å². The van der Waals surface area contributed by atoms with E-state index >= 15 is 0 Å². The molecule has 0 unspecified atom stereocenters. The van der Waals surface area contributed by atoms with E-state index in [1.807, 2.05) is 6.92 Å². The molecule has 33 heavy (non-hydrogen) atoms. The Balaban J connectivity index is 1.92. The summed E-state index contributed by atoms with van der Waals surface area (Å²) < 4.78 is 11.2. The van der Waals surface area contributed by atoms with Gasteiger partial charge in [0, 0.05) is 21.2 Å². The molecule has 0 saturated carbocycles. The van der Waals surface area contributed by atoms with Gasteiger partial charge in [0.2, 0.25) is 0 Å². The van der Waals surface area contributed by atoms with Crippen LogP contribution < -0.4 is 20.1 Å². The Morgan fingerprint density at radius 3 is 1.91 bits per heavy atom. The van der Waals surface area contributed by atoms with Crippen LogP contribution in [-0.4, -0.2) is 25.5 Å². The van der Waals surface area contributed by atoms with Gasteiger partial charge < -0.3 is 20.1 Å². The number of hydrogen-bond donors (Lipinski definition) is 2. The Labute approximate surface area is 202 Å². The number of carbonyl (C=O) groups excluding carboxylic acids is 2. The Hall–Kier alpha value is -3.22. The minimum Gasteiger partial charge on any atom is -0.493 e. The van der Waals surface area contributed by atoms with Gasteiger partial charge >= 0.3 is 0 Å². The summed E-state index contributed by atoms with van der Waals surface area (Å²) in [7, 11) is 1.53. The summed E-state index contributed by atoms with van der Waals surface area (Å²) in [5.41, 5.74) is 1.32. The third-order valence-corrected chi connectivity index (χ3v) is 5.18. The number of carbonyl (C=O) groups is 2. The van der Waals surface area contributed by atoms with Gasteiger partial charge in [-0.05, 0) is 60.5 Å². The molecule has 0 spiro atoms. The van der Waals surface area contributed by atoms with Crippen molar-refractivity contribution in [1.29, 1.82) is 0 Å². The fourth-order valence-corrected chi connectivity index (χ4v) is 3.47. The minimum absolute atomic E-state index is 0.361.